The number of carbonyl (C=O) groups is 1. The largest absolute Gasteiger partial charge is 0.444 e. The lowest BCUT2D eigenvalue weighted by molar-refractivity contribution is 0.0185. The quantitative estimate of drug-likeness (QED) is 0.762. The van der Waals surface area contributed by atoms with E-state index in [1.54, 1.807) is 16.7 Å². The number of thioether (sulfide) groups is 1. The van der Waals surface area contributed by atoms with Crippen molar-refractivity contribution in [1.29, 1.82) is 5.26 Å². The summed E-state index contributed by atoms with van der Waals surface area (Å²) in [5, 5.41) is 9.74. The third kappa shape index (κ3) is 4.20. The summed E-state index contributed by atoms with van der Waals surface area (Å²) >= 11 is 1.69. The lowest BCUT2D eigenvalue weighted by Crippen LogP contribution is -2.46. The second-order valence-corrected chi connectivity index (χ2v) is 7.77. The van der Waals surface area contributed by atoms with Gasteiger partial charge >= 0.3 is 6.09 Å². The minimum absolute atomic E-state index is 0.290. The predicted octanol–water partition coefficient (Wildman–Crippen LogP) is 4.20. The molecule has 1 aliphatic rings. The average molecular weight is 332 g/mol. The molecule has 0 radical (unpaired) electrons. The number of rotatable bonds is 2. The monoisotopic (exact) mass is 332 g/mol. The number of carbonyl (C=O) groups excluding carboxylic acids is 1. The smallest absolute Gasteiger partial charge is 0.410 e. The van der Waals surface area contributed by atoms with Crippen molar-refractivity contribution in [3.05, 3.63) is 29.8 Å². The number of nitrogens with zero attached hydrogens (tertiary/aromatic N) is 2. The van der Waals surface area contributed by atoms with Crippen molar-refractivity contribution in [2.45, 2.75) is 49.5 Å². The summed E-state index contributed by atoms with van der Waals surface area (Å²) in [6, 6.07) is 10.7. The van der Waals surface area contributed by atoms with Crippen LogP contribution in [0.4, 0.5) is 4.79 Å². The third-order valence-electron chi connectivity index (χ3n) is 4.13. The summed E-state index contributed by atoms with van der Waals surface area (Å²) < 4.78 is 5.42. The Morgan fingerprint density at radius 3 is 2.26 bits per heavy atom. The van der Waals surface area contributed by atoms with Gasteiger partial charge in [-0.25, -0.2) is 4.79 Å². The van der Waals surface area contributed by atoms with Crippen LogP contribution in [-0.2, 0) is 10.2 Å². The highest BCUT2D eigenvalue weighted by Gasteiger charge is 2.38. The van der Waals surface area contributed by atoms with Gasteiger partial charge in [0.1, 0.15) is 5.60 Å². The molecule has 124 valence electrons. The highest BCUT2D eigenvalue weighted by molar-refractivity contribution is 7.98. The zero-order valence-electron chi connectivity index (χ0n) is 14.3. The molecule has 1 aromatic carbocycles. The van der Waals surface area contributed by atoms with Gasteiger partial charge in [0.15, 0.2) is 0 Å². The molecular formula is C18H24N2O2S. The summed E-state index contributed by atoms with van der Waals surface area (Å²) in [7, 11) is 0. The molecule has 4 nitrogen and oxygen atoms in total. The number of hydrogen-bond donors (Lipinski definition) is 0. The first kappa shape index (κ1) is 17.7. The van der Waals surface area contributed by atoms with Crippen molar-refractivity contribution < 1.29 is 9.53 Å². The Morgan fingerprint density at radius 2 is 1.83 bits per heavy atom. The maximum absolute atomic E-state index is 12.2. The Balaban J connectivity index is 2.07. The van der Waals surface area contributed by atoms with E-state index in [1.165, 1.54) is 4.90 Å². The number of hydrogen-bond acceptors (Lipinski definition) is 4. The Bertz CT molecular complexity index is 591. The van der Waals surface area contributed by atoms with Crippen LogP contribution in [-0.4, -0.2) is 35.9 Å². The summed E-state index contributed by atoms with van der Waals surface area (Å²) in [5.41, 5.74) is 0.0471. The fraction of sp³-hybridized carbons (Fsp3) is 0.556. The lowest BCUT2D eigenvalue weighted by atomic mass is 9.74. The van der Waals surface area contributed by atoms with Crippen molar-refractivity contribution >= 4 is 17.9 Å². The maximum atomic E-state index is 12.2. The molecule has 0 bridgehead atoms. The van der Waals surface area contributed by atoms with Gasteiger partial charge in [0.2, 0.25) is 0 Å². The molecule has 1 amide bonds. The van der Waals surface area contributed by atoms with Crippen LogP contribution < -0.4 is 0 Å². The highest BCUT2D eigenvalue weighted by Crippen LogP contribution is 2.36. The fourth-order valence-corrected chi connectivity index (χ4v) is 3.18. The van der Waals surface area contributed by atoms with Crippen LogP contribution in [0.1, 0.15) is 39.2 Å². The summed E-state index contributed by atoms with van der Waals surface area (Å²) in [5.74, 6) is 0. The van der Waals surface area contributed by atoms with Crippen molar-refractivity contribution in [2.75, 3.05) is 19.3 Å². The van der Waals surface area contributed by atoms with E-state index in [9.17, 15) is 10.1 Å². The minimum Gasteiger partial charge on any atom is -0.444 e. The predicted molar refractivity (Wildman–Crippen MR) is 92.6 cm³/mol. The van der Waals surface area contributed by atoms with Gasteiger partial charge in [0.25, 0.3) is 0 Å². The molecule has 0 N–H and O–H groups in total. The van der Waals surface area contributed by atoms with Crippen LogP contribution in [0.2, 0.25) is 0 Å². The zero-order chi connectivity index (χ0) is 17.1. The molecule has 2 rings (SSSR count). The number of ether oxygens (including phenoxy) is 1. The molecule has 1 aliphatic heterocycles. The van der Waals surface area contributed by atoms with E-state index < -0.39 is 11.0 Å². The summed E-state index contributed by atoms with van der Waals surface area (Å²) in [6.45, 7) is 6.69. The molecule has 0 aliphatic carbocycles. The van der Waals surface area contributed by atoms with Crippen molar-refractivity contribution in [2.24, 2.45) is 0 Å². The van der Waals surface area contributed by atoms with E-state index in [2.05, 4.69) is 18.2 Å². The first-order valence-electron chi connectivity index (χ1n) is 7.83. The third-order valence-corrected chi connectivity index (χ3v) is 4.87. The second-order valence-electron chi connectivity index (χ2n) is 6.89. The van der Waals surface area contributed by atoms with Crippen LogP contribution in [0, 0.1) is 11.3 Å². The molecule has 23 heavy (non-hydrogen) atoms. The fourth-order valence-electron chi connectivity index (χ4n) is 2.77. The number of piperidine rings is 1. The van der Waals surface area contributed by atoms with Crippen LogP contribution in [0.25, 0.3) is 0 Å². The number of benzene rings is 1. The van der Waals surface area contributed by atoms with Gasteiger partial charge in [0.05, 0.1) is 11.5 Å². The molecule has 1 aromatic rings. The maximum Gasteiger partial charge on any atom is 0.410 e. The van der Waals surface area contributed by atoms with Crippen molar-refractivity contribution in [3.8, 4) is 6.07 Å². The SMILES string of the molecule is CSc1ccc(C2(C#N)CCN(C(=O)OC(C)(C)C)CC2)cc1. The number of nitriles is 1. The van der Waals surface area contributed by atoms with Gasteiger partial charge in [0, 0.05) is 18.0 Å². The van der Waals surface area contributed by atoms with Crippen LogP contribution in [0.15, 0.2) is 29.2 Å². The summed E-state index contributed by atoms with van der Waals surface area (Å²) in [6.07, 6.45) is 3.03. The molecule has 5 heteroatoms. The molecule has 0 unspecified atom stereocenters. The van der Waals surface area contributed by atoms with E-state index in [0.717, 1.165) is 5.56 Å². The van der Waals surface area contributed by atoms with Gasteiger partial charge in [-0.3, -0.25) is 0 Å². The molecule has 1 heterocycles. The van der Waals surface area contributed by atoms with Gasteiger partial charge in [-0.2, -0.15) is 5.26 Å². The molecule has 0 spiro atoms. The summed E-state index contributed by atoms with van der Waals surface area (Å²) in [4.78, 5) is 15.0. The Hall–Kier alpha value is -1.67. The number of likely N-dealkylation sites (tertiary alicyclic amines) is 1. The van der Waals surface area contributed by atoms with Gasteiger partial charge in [-0.15, -0.1) is 11.8 Å². The van der Waals surface area contributed by atoms with Crippen LogP contribution in [0.3, 0.4) is 0 Å². The molecule has 0 saturated carbocycles. The van der Waals surface area contributed by atoms with E-state index in [1.807, 2.05) is 39.2 Å². The highest BCUT2D eigenvalue weighted by atomic mass is 32.2. The minimum atomic E-state index is -0.505. The number of amides is 1. The van der Waals surface area contributed by atoms with E-state index in [-0.39, 0.29) is 6.09 Å². The Labute approximate surface area is 142 Å². The first-order chi connectivity index (χ1) is 10.8. The van der Waals surface area contributed by atoms with E-state index >= 15 is 0 Å². The van der Waals surface area contributed by atoms with Gasteiger partial charge in [-0.05, 0) is 57.6 Å². The molecule has 1 fully saturated rings. The normalized spacial score (nSPS) is 17.4. The van der Waals surface area contributed by atoms with Crippen LogP contribution >= 0.6 is 11.8 Å². The standard InChI is InChI=1S/C18H24N2O2S/c1-17(2,3)22-16(21)20-11-9-18(13-19,10-12-20)14-5-7-15(23-4)8-6-14/h5-8H,9-12H2,1-4H3. The first-order valence-corrected chi connectivity index (χ1v) is 9.06. The molecule has 0 atom stereocenters. The Morgan fingerprint density at radius 1 is 1.26 bits per heavy atom. The van der Waals surface area contributed by atoms with E-state index in [0.29, 0.717) is 25.9 Å². The Kier molecular flexibility index (Phi) is 5.26. The van der Waals surface area contributed by atoms with Crippen molar-refractivity contribution in [3.63, 3.8) is 0 Å². The lowest BCUT2D eigenvalue weighted by Gasteiger charge is -2.38. The van der Waals surface area contributed by atoms with E-state index in [4.69, 9.17) is 4.74 Å². The molecule has 0 aromatic heterocycles. The molecular weight excluding hydrogens is 308 g/mol. The topological polar surface area (TPSA) is 53.3 Å². The van der Waals surface area contributed by atoms with Crippen molar-refractivity contribution in [1.82, 2.24) is 4.90 Å². The van der Waals surface area contributed by atoms with Gasteiger partial charge < -0.3 is 9.64 Å². The zero-order valence-corrected chi connectivity index (χ0v) is 15.1. The second kappa shape index (κ2) is 6.84. The average Bonchev–Trinajstić information content (AvgIpc) is 2.53. The van der Waals surface area contributed by atoms with Gasteiger partial charge in [-0.1, -0.05) is 12.1 Å². The van der Waals surface area contributed by atoms with Crippen LogP contribution in [0.5, 0.6) is 0 Å². The molecule has 1 saturated heterocycles.